The average Bonchev–Trinajstić information content (AvgIpc) is 3.55. The largest absolute Gasteiger partial charge is 0.490 e. The summed E-state index contributed by atoms with van der Waals surface area (Å²) in [6.07, 6.45) is -9.59. The van der Waals surface area contributed by atoms with Crippen LogP contribution in [0.25, 0.3) is 0 Å². The zero-order valence-electron chi connectivity index (χ0n) is 22.8. The van der Waals surface area contributed by atoms with Crippen molar-refractivity contribution in [1.82, 2.24) is 24.3 Å². The summed E-state index contributed by atoms with van der Waals surface area (Å²) in [6.45, 7) is 9.65. The summed E-state index contributed by atoms with van der Waals surface area (Å²) in [4.78, 5) is 38.7. The molecule has 0 spiro atoms. The Morgan fingerprint density at radius 2 is 1.23 bits per heavy atom. The van der Waals surface area contributed by atoms with Crippen molar-refractivity contribution in [3.63, 3.8) is 0 Å². The lowest BCUT2D eigenvalue weighted by atomic mass is 10.2. The van der Waals surface area contributed by atoms with Gasteiger partial charge in [0, 0.05) is 64.1 Å². The van der Waals surface area contributed by atoms with E-state index in [1.54, 1.807) is 6.26 Å². The van der Waals surface area contributed by atoms with Crippen molar-refractivity contribution in [1.29, 1.82) is 0 Å². The van der Waals surface area contributed by atoms with Gasteiger partial charge in [0.2, 0.25) is 0 Å². The minimum Gasteiger partial charge on any atom is -0.475 e. The fourth-order valence-corrected chi connectivity index (χ4v) is 3.51. The second-order valence-electron chi connectivity index (χ2n) is 9.15. The van der Waals surface area contributed by atoms with Crippen LogP contribution < -0.4 is 0 Å². The first kappa shape index (κ1) is 38.2. The van der Waals surface area contributed by atoms with Crippen LogP contribution in [-0.2, 0) is 40.6 Å². The third kappa shape index (κ3) is 14.1. The number of hydrogen-bond donors (Lipinski definition) is 3. The van der Waals surface area contributed by atoms with Crippen molar-refractivity contribution in [3.8, 4) is 0 Å². The molecule has 44 heavy (non-hydrogen) atoms. The van der Waals surface area contributed by atoms with Crippen molar-refractivity contribution >= 4 is 17.9 Å². The van der Waals surface area contributed by atoms with Crippen LogP contribution in [0.2, 0.25) is 0 Å². The molecule has 21 heteroatoms. The van der Waals surface area contributed by atoms with E-state index in [0.29, 0.717) is 0 Å². The highest BCUT2D eigenvalue weighted by molar-refractivity contribution is 5.73. The molecule has 0 aliphatic carbocycles. The number of carboxylic acid groups (broad SMARTS) is 3. The third-order valence-corrected chi connectivity index (χ3v) is 5.72. The number of aliphatic carboxylic acids is 3. The Bertz CT molecular complexity index is 1130. The number of piperazine rings is 1. The maximum Gasteiger partial charge on any atom is 0.490 e. The fourth-order valence-electron chi connectivity index (χ4n) is 3.51. The molecule has 2 aromatic rings. The van der Waals surface area contributed by atoms with Gasteiger partial charge in [-0.1, -0.05) is 0 Å². The van der Waals surface area contributed by atoms with Crippen LogP contribution in [0, 0.1) is 0 Å². The molecule has 1 saturated heterocycles. The quantitative estimate of drug-likeness (QED) is 0.416. The number of nitrogens with zero attached hydrogens (tertiary/aromatic N) is 5. The molecule has 2 aromatic heterocycles. The number of aromatic nitrogens is 2. The van der Waals surface area contributed by atoms with Crippen LogP contribution in [0.4, 0.5) is 39.5 Å². The van der Waals surface area contributed by atoms with Crippen LogP contribution in [0.15, 0.2) is 29.2 Å². The average molecular weight is 657 g/mol. The van der Waals surface area contributed by atoms with E-state index in [2.05, 4.69) is 37.5 Å². The van der Waals surface area contributed by atoms with E-state index in [0.717, 1.165) is 45.8 Å². The van der Waals surface area contributed by atoms with Crippen molar-refractivity contribution < 1.29 is 73.6 Å². The monoisotopic (exact) mass is 657 g/mol. The van der Waals surface area contributed by atoms with E-state index >= 15 is 0 Å². The summed E-state index contributed by atoms with van der Waals surface area (Å²) in [6, 6.07) is 2.04. The minimum absolute atomic E-state index is 0.925. The van der Waals surface area contributed by atoms with Gasteiger partial charge in [0.15, 0.2) is 0 Å². The molecule has 0 saturated carbocycles. The molecule has 3 N–H and O–H groups in total. The van der Waals surface area contributed by atoms with Gasteiger partial charge in [-0.3, -0.25) is 9.80 Å². The Balaban J connectivity index is 0.000000379. The summed E-state index contributed by atoms with van der Waals surface area (Å²) >= 11 is 0. The van der Waals surface area contributed by atoms with Crippen LogP contribution in [-0.4, -0.2) is 116 Å². The Kier molecular flexibility index (Phi) is 14.1. The zero-order valence-corrected chi connectivity index (χ0v) is 22.8. The van der Waals surface area contributed by atoms with E-state index in [-0.39, 0.29) is 0 Å². The van der Waals surface area contributed by atoms with E-state index in [1.165, 1.54) is 30.2 Å². The SMILES string of the molecule is CN1CCN(Cc2cnc3n2CCN(Cc2ccoc2)C3)CC1.O=C(O)C(F)(F)F.O=C(O)C(F)(F)F.O=C(O)C(F)(F)F. The number of carbonyl (C=O) groups is 3. The lowest BCUT2D eigenvalue weighted by molar-refractivity contribution is -0.193. The predicted molar refractivity (Wildman–Crippen MR) is 129 cm³/mol. The lowest BCUT2D eigenvalue weighted by Crippen LogP contribution is -2.44. The number of alkyl halides is 9. The standard InChI is InChI=1S/C17H25N5O.3C2HF3O2/c1-19-3-5-20(6-4-19)12-16-10-18-17-13-21(7-8-22(16)17)11-15-2-9-23-14-15;3*3-2(4,5)1(6)7/h2,9-10,14H,3-8,11-13H2,1H3;3*(H,6,7). The van der Waals surface area contributed by atoms with Crippen LogP contribution >= 0.6 is 0 Å². The summed E-state index contributed by atoms with van der Waals surface area (Å²) in [7, 11) is 2.20. The van der Waals surface area contributed by atoms with E-state index in [9.17, 15) is 39.5 Å². The maximum absolute atomic E-state index is 10.6. The zero-order chi connectivity index (χ0) is 33.9. The molecule has 1 fully saturated rings. The van der Waals surface area contributed by atoms with Gasteiger partial charge in [-0.2, -0.15) is 39.5 Å². The summed E-state index contributed by atoms with van der Waals surface area (Å²) < 4.78 is 103. The molecule has 0 amide bonds. The number of fused-ring (bicyclic) bond motifs is 1. The van der Waals surface area contributed by atoms with Gasteiger partial charge in [-0.25, -0.2) is 19.4 Å². The fraction of sp³-hybridized carbons (Fsp3) is 0.565. The van der Waals surface area contributed by atoms with Crippen molar-refractivity contribution in [3.05, 3.63) is 41.9 Å². The molecule has 2 aliphatic rings. The highest BCUT2D eigenvalue weighted by atomic mass is 19.4. The third-order valence-electron chi connectivity index (χ3n) is 5.72. The smallest absolute Gasteiger partial charge is 0.475 e. The topological polar surface area (TPSA) is 153 Å². The Labute approximate surface area is 242 Å². The van der Waals surface area contributed by atoms with E-state index in [4.69, 9.17) is 34.1 Å². The molecule has 2 aliphatic heterocycles. The number of hydrogen-bond acceptors (Lipinski definition) is 8. The van der Waals surface area contributed by atoms with E-state index in [1.807, 2.05) is 12.3 Å². The predicted octanol–water partition coefficient (Wildman–Crippen LogP) is 3.14. The van der Waals surface area contributed by atoms with Crippen LogP contribution in [0.3, 0.4) is 0 Å². The first-order valence-corrected chi connectivity index (χ1v) is 12.2. The molecule has 250 valence electrons. The highest BCUT2D eigenvalue weighted by Gasteiger charge is 2.39. The second-order valence-corrected chi connectivity index (χ2v) is 9.15. The van der Waals surface area contributed by atoms with Crippen LogP contribution in [0.1, 0.15) is 17.1 Å². The molecule has 0 atom stereocenters. The van der Waals surface area contributed by atoms with Crippen molar-refractivity contribution in [2.75, 3.05) is 39.8 Å². The molecule has 4 rings (SSSR count). The highest BCUT2D eigenvalue weighted by Crippen LogP contribution is 2.19. The summed E-state index contributed by atoms with van der Waals surface area (Å²) in [5, 5.41) is 21.4. The molecular weight excluding hydrogens is 629 g/mol. The molecule has 0 aromatic carbocycles. The number of rotatable bonds is 4. The van der Waals surface area contributed by atoms with Crippen molar-refractivity contribution in [2.45, 2.75) is 44.7 Å². The van der Waals surface area contributed by atoms with Gasteiger partial charge in [0.25, 0.3) is 0 Å². The molecule has 12 nitrogen and oxygen atoms in total. The van der Waals surface area contributed by atoms with Gasteiger partial charge in [0.1, 0.15) is 5.82 Å². The van der Waals surface area contributed by atoms with Gasteiger partial charge in [-0.05, 0) is 13.1 Å². The van der Waals surface area contributed by atoms with Gasteiger partial charge in [-0.15, -0.1) is 0 Å². The second kappa shape index (κ2) is 16.3. The molecule has 0 radical (unpaired) electrons. The number of imidazole rings is 1. The number of furan rings is 1. The Hall–Kier alpha value is -3.85. The van der Waals surface area contributed by atoms with Crippen molar-refractivity contribution in [2.24, 2.45) is 0 Å². The van der Waals surface area contributed by atoms with E-state index < -0.39 is 36.4 Å². The molecule has 0 unspecified atom stereocenters. The number of likely N-dealkylation sites (N-methyl/N-ethyl adjacent to an activating group) is 1. The first-order valence-electron chi connectivity index (χ1n) is 12.2. The molecular formula is C23H28F9N5O7. The van der Waals surface area contributed by atoms with Gasteiger partial charge < -0.3 is 29.2 Å². The molecule has 4 heterocycles. The Morgan fingerprint density at radius 1 is 0.773 bits per heavy atom. The normalized spacial score (nSPS) is 16.2. The number of carboxylic acids is 3. The summed E-state index contributed by atoms with van der Waals surface area (Å²) in [5.41, 5.74) is 2.61. The molecule has 0 bridgehead atoms. The minimum atomic E-state index is -5.08. The summed E-state index contributed by atoms with van der Waals surface area (Å²) in [5.74, 6) is -7.07. The number of halogens is 9. The first-order chi connectivity index (χ1) is 20.1. The lowest BCUT2D eigenvalue weighted by Gasteiger charge is -2.33. The van der Waals surface area contributed by atoms with Gasteiger partial charge in [0.05, 0.1) is 24.8 Å². The van der Waals surface area contributed by atoms with Crippen LogP contribution in [0.5, 0.6) is 0 Å². The van der Waals surface area contributed by atoms with Gasteiger partial charge >= 0.3 is 36.4 Å². The maximum atomic E-state index is 10.6. The Morgan fingerprint density at radius 3 is 1.64 bits per heavy atom.